The molecule has 0 saturated carbocycles. The summed E-state index contributed by atoms with van der Waals surface area (Å²) in [5, 5.41) is 5.85. The van der Waals surface area contributed by atoms with Gasteiger partial charge >= 0.3 is 0 Å². The average Bonchev–Trinajstić information content (AvgIpc) is 3.42. The van der Waals surface area contributed by atoms with Gasteiger partial charge in [0, 0.05) is 21.6 Å². The molecule has 3 aromatic carbocycles. The van der Waals surface area contributed by atoms with E-state index in [2.05, 4.69) is 42.7 Å². The van der Waals surface area contributed by atoms with Crippen molar-refractivity contribution in [3.05, 3.63) is 72.8 Å². The molecule has 7 heteroatoms. The molecular weight excluding hydrogens is 438 g/mol. The monoisotopic (exact) mass is 459 g/mol. The van der Waals surface area contributed by atoms with Gasteiger partial charge in [-0.2, -0.15) is 5.10 Å². The highest BCUT2D eigenvalue weighted by Crippen LogP contribution is 2.37. The summed E-state index contributed by atoms with van der Waals surface area (Å²) in [6, 6.07) is 24.5. The number of aromatic nitrogens is 3. The summed E-state index contributed by atoms with van der Waals surface area (Å²) in [6.07, 6.45) is 2.08. The van der Waals surface area contributed by atoms with E-state index in [1.165, 1.54) is 4.90 Å². The van der Waals surface area contributed by atoms with Crippen LogP contribution in [0, 0.1) is 0 Å². The van der Waals surface area contributed by atoms with E-state index in [1.54, 1.807) is 37.3 Å². The van der Waals surface area contributed by atoms with Crippen molar-refractivity contribution in [2.75, 3.05) is 20.5 Å². The van der Waals surface area contributed by atoms with Crippen LogP contribution in [0.1, 0.15) is 0 Å². The summed E-state index contributed by atoms with van der Waals surface area (Å²) in [5.41, 5.74) is 5.03. The van der Waals surface area contributed by atoms with Crippen molar-refractivity contribution in [1.82, 2.24) is 14.6 Å². The highest BCUT2D eigenvalue weighted by Gasteiger charge is 2.20. The molecule has 0 bridgehead atoms. The molecule has 0 fully saturated rings. The number of imidazole rings is 1. The molecule has 5 rings (SSSR count). The first-order valence-corrected chi connectivity index (χ1v) is 12.1. The predicted molar refractivity (Wildman–Crippen MR) is 132 cm³/mol. The Bertz CT molecular complexity index is 1360. The smallest absolute Gasteiger partial charge is 0.213 e. The van der Waals surface area contributed by atoms with Crippen LogP contribution in [0.25, 0.3) is 38.0 Å². The molecule has 0 spiro atoms. The predicted octanol–water partition coefficient (Wildman–Crippen LogP) is 6.53. The molecule has 5 aromatic rings. The van der Waals surface area contributed by atoms with Gasteiger partial charge in [-0.05, 0) is 66.9 Å². The van der Waals surface area contributed by atoms with Crippen LogP contribution in [0.2, 0.25) is 0 Å². The molecule has 32 heavy (non-hydrogen) atoms. The van der Waals surface area contributed by atoms with Gasteiger partial charge in [-0.25, -0.2) is 9.50 Å². The van der Waals surface area contributed by atoms with Crippen molar-refractivity contribution in [3.63, 3.8) is 0 Å². The van der Waals surface area contributed by atoms with Crippen LogP contribution in [0.4, 0.5) is 0 Å². The number of methoxy groups -OCH3 is 2. The minimum absolute atomic E-state index is 0.817. The average molecular weight is 460 g/mol. The summed E-state index contributed by atoms with van der Waals surface area (Å²) in [6.45, 7) is 0. The van der Waals surface area contributed by atoms with Crippen LogP contribution < -0.4 is 9.47 Å². The number of ether oxygens (including phenoxy) is 2. The zero-order valence-electron chi connectivity index (χ0n) is 17.9. The Morgan fingerprint density at radius 3 is 1.88 bits per heavy atom. The van der Waals surface area contributed by atoms with E-state index in [0.717, 1.165) is 49.5 Å². The molecule has 0 aliphatic carbocycles. The molecule has 0 atom stereocenters. The quantitative estimate of drug-likeness (QED) is 0.270. The van der Waals surface area contributed by atoms with Crippen LogP contribution in [0.3, 0.4) is 0 Å². The second-order valence-electron chi connectivity index (χ2n) is 7.10. The van der Waals surface area contributed by atoms with Gasteiger partial charge in [0.1, 0.15) is 27.9 Å². The van der Waals surface area contributed by atoms with Gasteiger partial charge in [0.15, 0.2) is 0 Å². The summed E-state index contributed by atoms with van der Waals surface area (Å²) in [4.78, 5) is 7.07. The van der Waals surface area contributed by atoms with Crippen LogP contribution in [-0.2, 0) is 0 Å². The van der Waals surface area contributed by atoms with E-state index in [0.29, 0.717) is 0 Å². The van der Waals surface area contributed by atoms with Gasteiger partial charge in [0.05, 0.1) is 14.2 Å². The molecule has 2 aromatic heterocycles. The zero-order valence-corrected chi connectivity index (χ0v) is 19.5. The van der Waals surface area contributed by atoms with E-state index >= 15 is 0 Å². The molecule has 5 nitrogen and oxygen atoms in total. The first kappa shape index (κ1) is 20.6. The van der Waals surface area contributed by atoms with Crippen LogP contribution in [0.15, 0.2) is 77.7 Å². The molecule has 2 heterocycles. The molecule has 0 N–H and O–H groups in total. The number of rotatable bonds is 6. The largest absolute Gasteiger partial charge is 0.497 e. The first-order chi connectivity index (χ1) is 15.7. The lowest BCUT2D eigenvalue weighted by Gasteiger charge is -2.07. The standard InChI is InChI=1S/C25H21N3O2S2/c1-29-19-10-4-17(5-11-19)23-22(16-8-14-21(31-3)15-9-16)26-25-28(23)27-24(32-25)18-6-12-20(30-2)13-7-18/h4-15H,1-3H3. The van der Waals surface area contributed by atoms with Crippen molar-refractivity contribution in [2.24, 2.45) is 0 Å². The Morgan fingerprint density at radius 1 is 0.750 bits per heavy atom. The van der Waals surface area contributed by atoms with Crippen molar-refractivity contribution in [2.45, 2.75) is 4.90 Å². The number of benzene rings is 3. The van der Waals surface area contributed by atoms with Crippen molar-refractivity contribution in [1.29, 1.82) is 0 Å². The Balaban J connectivity index is 1.67. The number of thioether (sulfide) groups is 1. The summed E-state index contributed by atoms with van der Waals surface area (Å²) in [7, 11) is 3.34. The third-order valence-corrected chi connectivity index (χ3v) is 6.97. The van der Waals surface area contributed by atoms with E-state index in [-0.39, 0.29) is 0 Å². The van der Waals surface area contributed by atoms with E-state index in [9.17, 15) is 0 Å². The second-order valence-corrected chi connectivity index (χ2v) is 8.93. The van der Waals surface area contributed by atoms with Crippen LogP contribution in [-0.4, -0.2) is 35.1 Å². The Hall–Kier alpha value is -3.29. The van der Waals surface area contributed by atoms with Gasteiger partial charge < -0.3 is 9.47 Å². The van der Waals surface area contributed by atoms with Crippen molar-refractivity contribution >= 4 is 28.1 Å². The van der Waals surface area contributed by atoms with Crippen molar-refractivity contribution < 1.29 is 9.47 Å². The molecule has 0 unspecified atom stereocenters. The second kappa shape index (κ2) is 8.68. The van der Waals surface area contributed by atoms with Gasteiger partial charge in [-0.3, -0.25) is 0 Å². The molecule has 0 saturated heterocycles. The highest BCUT2D eigenvalue weighted by molar-refractivity contribution is 7.98. The van der Waals surface area contributed by atoms with Gasteiger partial charge in [0.2, 0.25) is 4.96 Å². The Labute approximate surface area is 194 Å². The highest BCUT2D eigenvalue weighted by atomic mass is 32.2. The third kappa shape index (κ3) is 3.74. The van der Waals surface area contributed by atoms with Crippen LogP contribution >= 0.6 is 23.1 Å². The normalized spacial score (nSPS) is 11.1. The minimum atomic E-state index is 0.817. The summed E-state index contributed by atoms with van der Waals surface area (Å²) < 4.78 is 12.6. The lowest BCUT2D eigenvalue weighted by atomic mass is 10.0. The molecule has 0 radical (unpaired) electrons. The molecule has 0 aliphatic rings. The minimum Gasteiger partial charge on any atom is -0.497 e. The van der Waals surface area contributed by atoms with E-state index < -0.39 is 0 Å². The number of fused-ring (bicyclic) bond motifs is 1. The van der Waals surface area contributed by atoms with Gasteiger partial charge in [0.25, 0.3) is 0 Å². The van der Waals surface area contributed by atoms with Crippen molar-refractivity contribution in [3.8, 4) is 44.6 Å². The maximum atomic E-state index is 5.35. The fourth-order valence-corrected chi connectivity index (χ4v) is 4.87. The van der Waals surface area contributed by atoms with E-state index in [1.807, 2.05) is 40.9 Å². The summed E-state index contributed by atoms with van der Waals surface area (Å²) in [5.74, 6) is 1.64. The SMILES string of the molecule is COc1ccc(-c2nn3c(-c4ccc(OC)cc4)c(-c4ccc(SC)cc4)nc3s2)cc1. The lowest BCUT2D eigenvalue weighted by Crippen LogP contribution is -1.92. The number of hydrogen-bond acceptors (Lipinski definition) is 6. The first-order valence-electron chi connectivity index (χ1n) is 10.0. The van der Waals surface area contributed by atoms with E-state index in [4.69, 9.17) is 19.6 Å². The molecule has 0 aliphatic heterocycles. The lowest BCUT2D eigenvalue weighted by molar-refractivity contribution is 0.414. The zero-order chi connectivity index (χ0) is 22.1. The maximum Gasteiger partial charge on any atom is 0.213 e. The Morgan fingerprint density at radius 2 is 1.31 bits per heavy atom. The van der Waals surface area contributed by atoms with Crippen LogP contribution in [0.5, 0.6) is 11.5 Å². The third-order valence-electron chi connectivity index (χ3n) is 5.27. The maximum absolute atomic E-state index is 5.35. The topological polar surface area (TPSA) is 48.7 Å². The number of hydrogen-bond donors (Lipinski definition) is 0. The summed E-state index contributed by atoms with van der Waals surface area (Å²) >= 11 is 3.30. The molecule has 160 valence electrons. The Kier molecular flexibility index (Phi) is 5.59. The number of nitrogens with zero attached hydrogens (tertiary/aromatic N) is 3. The fraction of sp³-hybridized carbons (Fsp3) is 0.120. The van der Waals surface area contributed by atoms with Gasteiger partial charge in [-0.1, -0.05) is 23.5 Å². The van der Waals surface area contributed by atoms with Gasteiger partial charge in [-0.15, -0.1) is 11.8 Å². The molecule has 0 amide bonds. The fourth-order valence-electron chi connectivity index (χ4n) is 3.56. The molecular formula is C25H21N3O2S2.